The van der Waals surface area contributed by atoms with Crippen LogP contribution >= 0.6 is 0 Å². The van der Waals surface area contributed by atoms with E-state index >= 15 is 0 Å². The van der Waals surface area contributed by atoms with E-state index in [4.69, 9.17) is 4.74 Å². The minimum atomic E-state index is -3.93. The van der Waals surface area contributed by atoms with Gasteiger partial charge in [-0.1, -0.05) is 63.2 Å². The van der Waals surface area contributed by atoms with Crippen molar-refractivity contribution in [3.63, 3.8) is 0 Å². The average Bonchev–Trinajstić information content (AvgIpc) is 2.93. The monoisotopic (exact) mass is 550 g/mol. The van der Waals surface area contributed by atoms with Gasteiger partial charge in [-0.2, -0.15) is 0 Å². The Bertz CT molecular complexity index is 1400. The lowest BCUT2D eigenvalue weighted by Crippen LogP contribution is -2.47. The van der Waals surface area contributed by atoms with Gasteiger partial charge in [0.15, 0.2) is 0 Å². The maximum atomic E-state index is 13.8. The van der Waals surface area contributed by atoms with Crippen molar-refractivity contribution >= 4 is 33.0 Å². The summed E-state index contributed by atoms with van der Waals surface area (Å²) in [5, 5.41) is 2.88. The molecule has 3 aromatic rings. The van der Waals surface area contributed by atoms with Gasteiger partial charge in [-0.3, -0.25) is 4.79 Å². The summed E-state index contributed by atoms with van der Waals surface area (Å²) in [7, 11) is -2.27. The minimum Gasteiger partial charge on any atom is -0.495 e. The summed E-state index contributed by atoms with van der Waals surface area (Å²) in [6, 6.07) is 22.0. The number of piperazine rings is 1. The number of ether oxygens (including phenoxy) is 1. The summed E-state index contributed by atoms with van der Waals surface area (Å²) in [5.41, 5.74) is 2.32. The molecule has 8 nitrogen and oxygen atoms in total. The number of methoxy groups -OCH3 is 1. The molecule has 0 saturated carbocycles. The molecule has 1 heterocycles. The average molecular weight is 551 g/mol. The van der Waals surface area contributed by atoms with Crippen molar-refractivity contribution in [3.05, 3.63) is 78.4 Å². The van der Waals surface area contributed by atoms with Crippen molar-refractivity contribution in [2.75, 3.05) is 48.4 Å². The lowest BCUT2D eigenvalue weighted by molar-refractivity contribution is -0.123. The summed E-state index contributed by atoms with van der Waals surface area (Å²) in [5.74, 6) is 0.627. The highest BCUT2D eigenvalue weighted by atomic mass is 32.2. The molecular weight excluding hydrogens is 512 g/mol. The number of rotatable bonds is 8. The van der Waals surface area contributed by atoms with Gasteiger partial charge >= 0.3 is 0 Å². The smallest absolute Gasteiger partial charge is 0.243 e. The number of anilines is 3. The molecule has 208 valence electrons. The Morgan fingerprint density at radius 2 is 1.46 bits per heavy atom. The molecule has 9 heteroatoms. The number of nitrogens with one attached hydrogen (secondary N) is 2. The van der Waals surface area contributed by atoms with E-state index in [-0.39, 0.29) is 10.8 Å². The number of carbonyl (C=O) groups is 1. The fourth-order valence-electron chi connectivity index (χ4n) is 4.57. The maximum absolute atomic E-state index is 13.8. The highest BCUT2D eigenvalue weighted by molar-refractivity contribution is 7.89. The van der Waals surface area contributed by atoms with Gasteiger partial charge in [-0.25, -0.2) is 13.1 Å². The fourth-order valence-corrected chi connectivity index (χ4v) is 6.06. The third-order valence-corrected chi connectivity index (χ3v) is 8.44. The molecule has 0 unspecified atom stereocenters. The molecule has 3 aromatic carbocycles. The van der Waals surface area contributed by atoms with Crippen molar-refractivity contribution in [1.29, 1.82) is 0 Å². The second-order valence-electron chi connectivity index (χ2n) is 10.8. The van der Waals surface area contributed by atoms with Crippen molar-refractivity contribution in [3.8, 4) is 5.75 Å². The van der Waals surface area contributed by atoms with Crippen molar-refractivity contribution < 1.29 is 17.9 Å². The summed E-state index contributed by atoms with van der Waals surface area (Å²) in [6.45, 7) is 9.94. The van der Waals surface area contributed by atoms with E-state index in [9.17, 15) is 13.2 Å². The maximum Gasteiger partial charge on any atom is 0.243 e. The van der Waals surface area contributed by atoms with Gasteiger partial charge in [0.2, 0.25) is 15.9 Å². The molecule has 0 aromatic heterocycles. The standard InChI is InChI=1S/C30H38N4O4S/c1-22(23-11-7-6-8-12-23)32-39(36,37)28-21-24(31-29(35)30(2,3)4)15-16-26(28)34-19-17-33(18-20-34)25-13-9-10-14-27(25)38-5/h6-16,21-22,32H,17-20H2,1-5H3,(H,31,35)/t22-/m0/s1. The quantitative estimate of drug-likeness (QED) is 0.408. The van der Waals surface area contributed by atoms with Crippen molar-refractivity contribution in [2.45, 2.75) is 38.6 Å². The zero-order chi connectivity index (χ0) is 28.2. The van der Waals surface area contributed by atoms with E-state index in [2.05, 4.69) is 19.8 Å². The van der Waals surface area contributed by atoms with E-state index in [1.54, 1.807) is 25.3 Å². The van der Waals surface area contributed by atoms with Gasteiger partial charge < -0.3 is 19.9 Å². The van der Waals surface area contributed by atoms with Crippen LogP contribution < -0.4 is 24.6 Å². The Morgan fingerprint density at radius 3 is 2.08 bits per heavy atom. The lowest BCUT2D eigenvalue weighted by atomic mass is 9.95. The zero-order valence-electron chi connectivity index (χ0n) is 23.3. The molecule has 1 aliphatic rings. The van der Waals surface area contributed by atoms with Gasteiger partial charge in [-0.15, -0.1) is 0 Å². The molecule has 1 amide bonds. The van der Waals surface area contributed by atoms with Crippen LogP contribution in [-0.2, 0) is 14.8 Å². The van der Waals surface area contributed by atoms with Crippen molar-refractivity contribution in [2.24, 2.45) is 5.41 Å². The Hall–Kier alpha value is -3.56. The third kappa shape index (κ3) is 6.72. The number of sulfonamides is 1. The Labute approximate surface area is 232 Å². The van der Waals surface area contributed by atoms with Gasteiger partial charge in [0, 0.05) is 43.3 Å². The molecule has 0 aliphatic carbocycles. The first-order chi connectivity index (χ1) is 18.5. The topological polar surface area (TPSA) is 91.0 Å². The summed E-state index contributed by atoms with van der Waals surface area (Å²) in [6.07, 6.45) is 0. The SMILES string of the molecule is COc1ccccc1N1CCN(c2ccc(NC(=O)C(C)(C)C)cc2S(=O)(=O)N[C@@H](C)c2ccccc2)CC1. The van der Waals surface area contributed by atoms with E-state index in [0.717, 1.165) is 17.0 Å². The predicted molar refractivity (Wildman–Crippen MR) is 157 cm³/mol. The molecular formula is C30H38N4O4S. The first-order valence-electron chi connectivity index (χ1n) is 13.2. The second-order valence-corrected chi connectivity index (χ2v) is 12.5. The Kier molecular flexibility index (Phi) is 8.51. The van der Waals surface area contributed by atoms with Crippen LogP contribution in [0.25, 0.3) is 0 Å². The minimum absolute atomic E-state index is 0.141. The van der Waals surface area contributed by atoms with Crippen LogP contribution in [0.4, 0.5) is 17.1 Å². The van der Waals surface area contributed by atoms with Gasteiger partial charge in [0.1, 0.15) is 10.6 Å². The van der Waals surface area contributed by atoms with Crippen LogP contribution in [0.15, 0.2) is 77.7 Å². The van der Waals surface area contributed by atoms with E-state index in [1.165, 1.54) is 0 Å². The number of para-hydroxylation sites is 2. The summed E-state index contributed by atoms with van der Waals surface area (Å²) in [4.78, 5) is 17.1. The molecule has 1 aliphatic heterocycles. The van der Waals surface area contributed by atoms with Crippen LogP contribution in [0, 0.1) is 5.41 Å². The number of benzene rings is 3. The first-order valence-corrected chi connectivity index (χ1v) is 14.6. The molecule has 1 saturated heterocycles. The number of nitrogens with zero attached hydrogens (tertiary/aromatic N) is 2. The molecule has 4 rings (SSSR count). The highest BCUT2D eigenvalue weighted by Crippen LogP contribution is 2.33. The van der Waals surface area contributed by atoms with Gasteiger partial charge in [0.05, 0.1) is 18.5 Å². The molecule has 0 spiro atoms. The van der Waals surface area contributed by atoms with Gasteiger partial charge in [0.25, 0.3) is 0 Å². The number of hydrogen-bond donors (Lipinski definition) is 2. The second kappa shape index (κ2) is 11.7. The number of hydrogen-bond acceptors (Lipinski definition) is 6. The largest absolute Gasteiger partial charge is 0.495 e. The third-order valence-electron chi connectivity index (χ3n) is 6.87. The predicted octanol–water partition coefficient (Wildman–Crippen LogP) is 5.05. The molecule has 1 atom stereocenters. The summed E-state index contributed by atoms with van der Waals surface area (Å²) >= 11 is 0. The fraction of sp³-hybridized carbons (Fsp3) is 0.367. The Morgan fingerprint density at radius 1 is 0.872 bits per heavy atom. The van der Waals surface area contributed by atoms with Crippen LogP contribution in [0.3, 0.4) is 0 Å². The summed E-state index contributed by atoms with van der Waals surface area (Å²) < 4.78 is 36.0. The highest BCUT2D eigenvalue weighted by Gasteiger charge is 2.29. The number of amides is 1. The van der Waals surface area contributed by atoms with Crippen LogP contribution in [-0.4, -0.2) is 47.6 Å². The molecule has 0 radical (unpaired) electrons. The number of carbonyl (C=O) groups excluding carboxylic acids is 1. The normalized spacial score (nSPS) is 15.1. The van der Waals surface area contributed by atoms with E-state index in [1.807, 2.05) is 82.3 Å². The first kappa shape index (κ1) is 28.4. The lowest BCUT2D eigenvalue weighted by Gasteiger charge is -2.38. The molecule has 1 fully saturated rings. The van der Waals surface area contributed by atoms with E-state index < -0.39 is 21.5 Å². The molecule has 0 bridgehead atoms. The van der Waals surface area contributed by atoms with Crippen molar-refractivity contribution in [1.82, 2.24) is 4.72 Å². The van der Waals surface area contributed by atoms with E-state index in [0.29, 0.717) is 37.6 Å². The van der Waals surface area contributed by atoms with Crippen LogP contribution in [0.2, 0.25) is 0 Å². The van der Waals surface area contributed by atoms with Crippen LogP contribution in [0.1, 0.15) is 39.3 Å². The van der Waals surface area contributed by atoms with Gasteiger partial charge in [-0.05, 0) is 42.8 Å². The molecule has 2 N–H and O–H groups in total. The Balaban J connectivity index is 1.63. The zero-order valence-corrected chi connectivity index (χ0v) is 24.1. The van der Waals surface area contributed by atoms with Crippen LogP contribution in [0.5, 0.6) is 5.75 Å². The molecule has 39 heavy (non-hydrogen) atoms.